The van der Waals surface area contributed by atoms with Gasteiger partial charge in [0, 0.05) is 26.2 Å². The van der Waals surface area contributed by atoms with Gasteiger partial charge in [-0.3, -0.25) is 4.79 Å². The summed E-state index contributed by atoms with van der Waals surface area (Å²) in [6.07, 6.45) is 5.50. The largest absolute Gasteiger partial charge is 0.492 e. The van der Waals surface area contributed by atoms with Gasteiger partial charge >= 0.3 is 0 Å². The van der Waals surface area contributed by atoms with Gasteiger partial charge in [-0.2, -0.15) is 0 Å². The summed E-state index contributed by atoms with van der Waals surface area (Å²) < 4.78 is 31.7. The summed E-state index contributed by atoms with van der Waals surface area (Å²) in [4.78, 5) is 12.5. The number of carbonyl (C=O) groups excluding carboxylic acids is 1. The Bertz CT molecular complexity index is 776. The molecule has 2 aliphatic rings. The van der Waals surface area contributed by atoms with Crippen LogP contribution in [-0.4, -0.2) is 39.3 Å². The highest BCUT2D eigenvalue weighted by atomic mass is 32.2. The van der Waals surface area contributed by atoms with Crippen molar-refractivity contribution in [2.24, 2.45) is 17.8 Å². The number of fused-ring (bicyclic) bond motifs is 2. The van der Waals surface area contributed by atoms with Crippen LogP contribution in [0.2, 0.25) is 0 Å². The minimum atomic E-state index is -3.66. The molecule has 0 heterocycles. The third-order valence-electron chi connectivity index (χ3n) is 5.62. The fourth-order valence-electron chi connectivity index (χ4n) is 4.34. The topological polar surface area (TPSA) is 75.7 Å². The van der Waals surface area contributed by atoms with E-state index < -0.39 is 10.0 Å². The van der Waals surface area contributed by atoms with Crippen molar-refractivity contribution in [3.63, 3.8) is 0 Å². The monoisotopic (exact) mass is 380 g/mol. The molecule has 0 saturated heterocycles. The number of hydrogen-bond acceptors (Lipinski definition) is 4. The molecule has 26 heavy (non-hydrogen) atoms. The third kappa shape index (κ3) is 3.88. The minimum Gasteiger partial charge on any atom is -0.492 e. The lowest BCUT2D eigenvalue weighted by Gasteiger charge is -2.21. The fourth-order valence-corrected chi connectivity index (χ4v) is 5.39. The van der Waals surface area contributed by atoms with Gasteiger partial charge in [-0.1, -0.05) is 6.42 Å². The molecular weight excluding hydrogens is 352 g/mol. The highest BCUT2D eigenvalue weighted by molar-refractivity contribution is 7.89. The molecule has 2 bridgehead atoms. The molecule has 1 N–H and O–H groups in total. The Morgan fingerprint density at radius 3 is 2.62 bits per heavy atom. The lowest BCUT2D eigenvalue weighted by Crippen LogP contribution is -2.23. The number of carbonyl (C=O) groups is 1. The Balaban J connectivity index is 1.74. The predicted molar refractivity (Wildman–Crippen MR) is 101 cm³/mol. The molecule has 0 spiro atoms. The van der Waals surface area contributed by atoms with Gasteiger partial charge in [0.15, 0.2) is 0 Å². The molecule has 6 nitrogen and oxygen atoms in total. The second-order valence-corrected chi connectivity index (χ2v) is 9.69. The van der Waals surface area contributed by atoms with Crippen LogP contribution in [-0.2, 0) is 14.8 Å². The van der Waals surface area contributed by atoms with E-state index in [9.17, 15) is 13.2 Å². The Hall–Kier alpha value is -1.60. The maximum absolute atomic E-state index is 12.6. The molecule has 0 aliphatic heterocycles. The van der Waals surface area contributed by atoms with Gasteiger partial charge in [-0.15, -0.1) is 0 Å². The number of sulfonamides is 1. The van der Waals surface area contributed by atoms with E-state index in [4.69, 9.17) is 4.74 Å². The molecule has 2 saturated carbocycles. The normalized spacial score (nSPS) is 24.8. The van der Waals surface area contributed by atoms with Gasteiger partial charge in [0.2, 0.25) is 15.9 Å². The summed E-state index contributed by atoms with van der Waals surface area (Å²) in [6.45, 7) is 2.17. The van der Waals surface area contributed by atoms with Crippen molar-refractivity contribution >= 4 is 21.6 Å². The van der Waals surface area contributed by atoms with Crippen LogP contribution in [0.1, 0.15) is 39.0 Å². The molecule has 0 aromatic heterocycles. The van der Waals surface area contributed by atoms with Crippen molar-refractivity contribution in [2.45, 2.75) is 43.9 Å². The number of nitrogens with one attached hydrogen (secondary N) is 1. The highest BCUT2D eigenvalue weighted by Crippen LogP contribution is 2.49. The lowest BCUT2D eigenvalue weighted by molar-refractivity contribution is -0.117. The molecule has 1 aromatic rings. The van der Waals surface area contributed by atoms with E-state index in [1.807, 2.05) is 0 Å². The molecule has 2 fully saturated rings. The number of ether oxygens (including phenoxy) is 1. The van der Waals surface area contributed by atoms with Crippen molar-refractivity contribution in [3.05, 3.63) is 18.2 Å². The Labute approximate surface area is 156 Å². The first kappa shape index (κ1) is 19.2. The summed E-state index contributed by atoms with van der Waals surface area (Å²) in [5, 5.41) is 2.87. The van der Waals surface area contributed by atoms with Gasteiger partial charge < -0.3 is 10.1 Å². The quantitative estimate of drug-likeness (QED) is 0.789. The second kappa shape index (κ2) is 7.56. The van der Waals surface area contributed by atoms with E-state index in [-0.39, 0.29) is 10.8 Å². The van der Waals surface area contributed by atoms with Crippen LogP contribution in [0.4, 0.5) is 5.69 Å². The van der Waals surface area contributed by atoms with Gasteiger partial charge in [-0.05, 0) is 62.1 Å². The van der Waals surface area contributed by atoms with Crippen LogP contribution in [0.15, 0.2) is 23.1 Å². The standard InChI is InChI=1S/C19H28N2O4S/c1-4-25-17-8-7-16(12-18(17)26(23,24)21(2)3)20-19(22)11-15-10-13-5-6-14(15)9-13/h7-8,12-15H,4-6,9-11H2,1-3H3,(H,20,22)/t13-,14+,15-/m0/s1. The van der Waals surface area contributed by atoms with Crippen LogP contribution in [0, 0.1) is 17.8 Å². The molecule has 3 atom stereocenters. The maximum Gasteiger partial charge on any atom is 0.246 e. The summed E-state index contributed by atoms with van der Waals surface area (Å²) in [5.41, 5.74) is 0.488. The molecule has 0 unspecified atom stereocenters. The third-order valence-corrected chi connectivity index (χ3v) is 7.45. The molecule has 144 valence electrons. The van der Waals surface area contributed by atoms with E-state index in [2.05, 4.69) is 5.32 Å². The maximum atomic E-state index is 12.6. The van der Waals surface area contributed by atoms with Crippen LogP contribution < -0.4 is 10.1 Å². The van der Waals surface area contributed by atoms with E-state index in [1.54, 1.807) is 19.1 Å². The smallest absolute Gasteiger partial charge is 0.246 e. The summed E-state index contributed by atoms with van der Waals surface area (Å²) >= 11 is 0. The second-order valence-electron chi connectivity index (χ2n) is 7.57. The molecular formula is C19H28N2O4S. The summed E-state index contributed by atoms with van der Waals surface area (Å²) in [7, 11) is -0.705. The summed E-state index contributed by atoms with van der Waals surface area (Å²) in [5.74, 6) is 2.23. The number of anilines is 1. The fraction of sp³-hybridized carbons (Fsp3) is 0.632. The Morgan fingerprint density at radius 2 is 2.04 bits per heavy atom. The van der Waals surface area contributed by atoms with Gasteiger partial charge in [0.05, 0.1) is 6.61 Å². The predicted octanol–water partition coefficient (Wildman–Crippen LogP) is 3.10. The van der Waals surface area contributed by atoms with Crippen LogP contribution in [0.5, 0.6) is 5.75 Å². The van der Waals surface area contributed by atoms with Crippen LogP contribution in [0.25, 0.3) is 0 Å². The van der Waals surface area contributed by atoms with Gasteiger partial charge in [-0.25, -0.2) is 12.7 Å². The molecule has 1 aromatic carbocycles. The van der Waals surface area contributed by atoms with Crippen LogP contribution >= 0.6 is 0 Å². The van der Waals surface area contributed by atoms with E-state index >= 15 is 0 Å². The average Bonchev–Trinajstić information content (AvgIpc) is 3.19. The van der Waals surface area contributed by atoms with Crippen molar-refractivity contribution < 1.29 is 17.9 Å². The average molecular weight is 381 g/mol. The lowest BCUT2D eigenvalue weighted by atomic mass is 9.86. The number of nitrogens with zero attached hydrogens (tertiary/aromatic N) is 1. The Morgan fingerprint density at radius 1 is 1.27 bits per heavy atom. The van der Waals surface area contributed by atoms with Crippen molar-refractivity contribution in [3.8, 4) is 5.75 Å². The Kier molecular flexibility index (Phi) is 5.58. The van der Waals surface area contributed by atoms with E-state index in [0.717, 1.165) is 16.6 Å². The van der Waals surface area contributed by atoms with Crippen LogP contribution in [0.3, 0.4) is 0 Å². The molecule has 3 rings (SSSR count). The molecule has 0 radical (unpaired) electrons. The number of rotatable bonds is 7. The zero-order valence-electron chi connectivity index (χ0n) is 15.7. The SMILES string of the molecule is CCOc1ccc(NC(=O)C[C@@H]2C[C@H]3CC[C@@H]2C3)cc1S(=O)(=O)N(C)C. The molecule has 1 amide bonds. The van der Waals surface area contributed by atoms with Crippen molar-refractivity contribution in [1.82, 2.24) is 4.31 Å². The number of hydrogen-bond donors (Lipinski definition) is 1. The number of benzene rings is 1. The minimum absolute atomic E-state index is 0.0417. The van der Waals surface area contributed by atoms with E-state index in [1.165, 1.54) is 39.4 Å². The van der Waals surface area contributed by atoms with Gasteiger partial charge in [0.25, 0.3) is 0 Å². The molecule has 2 aliphatic carbocycles. The number of amides is 1. The zero-order chi connectivity index (χ0) is 18.9. The first-order valence-electron chi connectivity index (χ1n) is 9.30. The summed E-state index contributed by atoms with van der Waals surface area (Å²) in [6, 6.07) is 4.78. The van der Waals surface area contributed by atoms with E-state index in [0.29, 0.717) is 36.3 Å². The van der Waals surface area contributed by atoms with Crippen molar-refractivity contribution in [1.29, 1.82) is 0 Å². The first-order chi connectivity index (χ1) is 12.3. The highest BCUT2D eigenvalue weighted by Gasteiger charge is 2.40. The van der Waals surface area contributed by atoms with Crippen molar-refractivity contribution in [2.75, 3.05) is 26.0 Å². The first-order valence-corrected chi connectivity index (χ1v) is 10.7. The zero-order valence-corrected chi connectivity index (χ0v) is 16.5. The van der Waals surface area contributed by atoms with Gasteiger partial charge in [0.1, 0.15) is 10.6 Å². The molecule has 7 heteroatoms.